The maximum atomic E-state index is 12.7. The highest BCUT2D eigenvalue weighted by molar-refractivity contribution is 6.30. The van der Waals surface area contributed by atoms with Gasteiger partial charge in [0.15, 0.2) is 6.10 Å². The fourth-order valence-corrected chi connectivity index (χ4v) is 3.37. The number of halogens is 1. The van der Waals surface area contributed by atoms with Gasteiger partial charge in [0.1, 0.15) is 11.9 Å². The van der Waals surface area contributed by atoms with E-state index in [2.05, 4.69) is 4.98 Å². The summed E-state index contributed by atoms with van der Waals surface area (Å²) in [4.78, 5) is 18.7. The van der Waals surface area contributed by atoms with Crippen molar-refractivity contribution in [2.45, 2.75) is 25.0 Å². The zero-order chi connectivity index (χ0) is 16.5. The number of carbonyl (C=O) groups excluding carboxylic acids is 1. The third kappa shape index (κ3) is 3.04. The fraction of sp³-hybridized carbons (Fsp3) is 0.333. The highest BCUT2D eigenvalue weighted by Crippen LogP contribution is 2.32. The van der Waals surface area contributed by atoms with Crippen molar-refractivity contribution in [3.63, 3.8) is 0 Å². The molecule has 2 unspecified atom stereocenters. The first-order chi connectivity index (χ1) is 11.7. The summed E-state index contributed by atoms with van der Waals surface area (Å²) in [6.45, 7) is 1.24. The van der Waals surface area contributed by atoms with E-state index >= 15 is 0 Å². The number of aromatic nitrogens is 1. The first-order valence-corrected chi connectivity index (χ1v) is 8.38. The number of rotatable bonds is 3. The van der Waals surface area contributed by atoms with E-state index in [-0.39, 0.29) is 12.0 Å². The Morgan fingerprint density at radius 3 is 3.08 bits per heavy atom. The van der Waals surface area contributed by atoms with E-state index in [9.17, 15) is 4.79 Å². The first kappa shape index (κ1) is 15.3. The van der Waals surface area contributed by atoms with Crippen LogP contribution in [0.3, 0.4) is 0 Å². The number of likely N-dealkylation sites (tertiary alicyclic amines) is 1. The molecule has 0 radical (unpaired) electrons. The van der Waals surface area contributed by atoms with Crippen LogP contribution in [-0.2, 0) is 11.2 Å². The maximum absolute atomic E-state index is 12.7. The van der Waals surface area contributed by atoms with Crippen LogP contribution in [0.4, 0.5) is 0 Å². The first-order valence-electron chi connectivity index (χ1n) is 8.00. The van der Waals surface area contributed by atoms with Crippen molar-refractivity contribution in [1.29, 1.82) is 0 Å². The van der Waals surface area contributed by atoms with E-state index in [0.717, 1.165) is 17.7 Å². The SMILES string of the molecule is O=C(C1Cc2cc(Cl)ccc2O1)N1CCC(Oc2ccccn2)C1. The van der Waals surface area contributed by atoms with E-state index in [4.69, 9.17) is 21.1 Å². The van der Waals surface area contributed by atoms with Crippen LogP contribution in [0.5, 0.6) is 11.6 Å². The predicted octanol–water partition coefficient (Wildman–Crippen LogP) is 2.72. The number of hydrogen-bond donors (Lipinski definition) is 0. The maximum Gasteiger partial charge on any atom is 0.264 e. The Bertz CT molecular complexity index is 753. The van der Waals surface area contributed by atoms with Crippen LogP contribution in [0.15, 0.2) is 42.6 Å². The summed E-state index contributed by atoms with van der Waals surface area (Å²) >= 11 is 6.00. The van der Waals surface area contributed by atoms with Crippen LogP contribution in [0.25, 0.3) is 0 Å². The summed E-state index contributed by atoms with van der Waals surface area (Å²) in [5.41, 5.74) is 0.987. The normalized spacial score (nSPS) is 22.1. The van der Waals surface area contributed by atoms with Crippen LogP contribution >= 0.6 is 11.6 Å². The zero-order valence-electron chi connectivity index (χ0n) is 13.0. The molecule has 1 aromatic heterocycles. The zero-order valence-corrected chi connectivity index (χ0v) is 13.8. The number of nitrogens with zero attached hydrogens (tertiary/aromatic N) is 2. The number of hydrogen-bond acceptors (Lipinski definition) is 4. The van der Waals surface area contributed by atoms with Crippen molar-refractivity contribution in [2.75, 3.05) is 13.1 Å². The Kier molecular flexibility index (Phi) is 4.02. The molecule has 0 spiro atoms. The molecule has 1 amide bonds. The highest BCUT2D eigenvalue weighted by atomic mass is 35.5. The lowest BCUT2D eigenvalue weighted by atomic mass is 10.1. The van der Waals surface area contributed by atoms with Gasteiger partial charge in [0, 0.05) is 36.7 Å². The monoisotopic (exact) mass is 344 g/mol. The van der Waals surface area contributed by atoms with Crippen LogP contribution in [0, 0.1) is 0 Å². The Labute approximate surface area is 145 Å². The quantitative estimate of drug-likeness (QED) is 0.859. The van der Waals surface area contributed by atoms with Crippen LogP contribution in [-0.4, -0.2) is 41.1 Å². The molecule has 2 aliphatic heterocycles. The van der Waals surface area contributed by atoms with Crippen LogP contribution in [0.1, 0.15) is 12.0 Å². The van der Waals surface area contributed by atoms with Crippen molar-refractivity contribution in [3.8, 4) is 11.6 Å². The van der Waals surface area contributed by atoms with Gasteiger partial charge in [-0.1, -0.05) is 17.7 Å². The van der Waals surface area contributed by atoms with E-state index in [1.165, 1.54) is 0 Å². The molecule has 5 nitrogen and oxygen atoms in total. The number of carbonyl (C=O) groups is 1. The van der Waals surface area contributed by atoms with Gasteiger partial charge in [0.05, 0.1) is 6.54 Å². The molecule has 2 atom stereocenters. The van der Waals surface area contributed by atoms with Crippen LogP contribution in [0.2, 0.25) is 5.02 Å². The summed E-state index contributed by atoms with van der Waals surface area (Å²) in [5, 5.41) is 0.662. The molecule has 124 valence electrons. The van der Waals surface area contributed by atoms with Crippen molar-refractivity contribution in [1.82, 2.24) is 9.88 Å². The minimum atomic E-state index is -0.466. The largest absolute Gasteiger partial charge is 0.480 e. The van der Waals surface area contributed by atoms with Crippen molar-refractivity contribution in [3.05, 3.63) is 53.2 Å². The molecule has 1 fully saturated rings. The minimum absolute atomic E-state index is 0.00874. The number of pyridine rings is 1. The standard InChI is InChI=1S/C18H17ClN2O3/c19-13-4-5-15-12(9-13)10-16(24-15)18(22)21-8-6-14(11-21)23-17-3-1-2-7-20-17/h1-5,7,9,14,16H,6,8,10-11H2. The summed E-state index contributed by atoms with van der Waals surface area (Å²) in [5.74, 6) is 1.35. The lowest BCUT2D eigenvalue weighted by molar-refractivity contribution is -0.137. The molecule has 4 rings (SSSR count). The lowest BCUT2D eigenvalue weighted by Crippen LogP contribution is -2.40. The molecule has 1 saturated heterocycles. The average molecular weight is 345 g/mol. The second-order valence-corrected chi connectivity index (χ2v) is 6.48. The van der Waals surface area contributed by atoms with E-state index < -0.39 is 6.10 Å². The highest BCUT2D eigenvalue weighted by Gasteiger charge is 2.36. The third-order valence-corrected chi connectivity index (χ3v) is 4.59. The molecule has 2 aliphatic rings. The van der Waals surface area contributed by atoms with Crippen molar-refractivity contribution >= 4 is 17.5 Å². The molecule has 24 heavy (non-hydrogen) atoms. The molecule has 0 aliphatic carbocycles. The average Bonchev–Trinajstić information content (AvgIpc) is 3.21. The van der Waals surface area contributed by atoms with E-state index in [1.807, 2.05) is 35.2 Å². The summed E-state index contributed by atoms with van der Waals surface area (Å²) in [7, 11) is 0. The fourth-order valence-electron chi connectivity index (χ4n) is 3.17. The number of fused-ring (bicyclic) bond motifs is 1. The van der Waals surface area contributed by atoms with Gasteiger partial charge in [-0.25, -0.2) is 4.98 Å². The van der Waals surface area contributed by atoms with Gasteiger partial charge in [-0.3, -0.25) is 4.79 Å². The molecular formula is C18H17ClN2O3. The topological polar surface area (TPSA) is 51.7 Å². The smallest absolute Gasteiger partial charge is 0.264 e. The van der Waals surface area contributed by atoms with Gasteiger partial charge in [-0.05, 0) is 29.8 Å². The summed E-state index contributed by atoms with van der Waals surface area (Å²) in [6.07, 6.45) is 2.57. The molecule has 0 saturated carbocycles. The minimum Gasteiger partial charge on any atom is -0.480 e. The second-order valence-electron chi connectivity index (χ2n) is 6.04. The Hall–Kier alpha value is -2.27. The Balaban J connectivity index is 1.37. The van der Waals surface area contributed by atoms with Gasteiger partial charge in [0.25, 0.3) is 5.91 Å². The Morgan fingerprint density at radius 2 is 2.25 bits per heavy atom. The molecule has 6 heteroatoms. The van der Waals surface area contributed by atoms with Crippen molar-refractivity contribution in [2.24, 2.45) is 0 Å². The Morgan fingerprint density at radius 1 is 1.33 bits per heavy atom. The molecule has 0 bridgehead atoms. The molecule has 2 aromatic rings. The van der Waals surface area contributed by atoms with Gasteiger partial charge in [-0.15, -0.1) is 0 Å². The summed E-state index contributed by atoms with van der Waals surface area (Å²) in [6, 6.07) is 11.0. The number of ether oxygens (including phenoxy) is 2. The lowest BCUT2D eigenvalue weighted by Gasteiger charge is -2.20. The molecule has 0 N–H and O–H groups in total. The number of amides is 1. The van der Waals surface area contributed by atoms with Gasteiger partial charge >= 0.3 is 0 Å². The van der Waals surface area contributed by atoms with Gasteiger partial charge in [-0.2, -0.15) is 0 Å². The predicted molar refractivity (Wildman–Crippen MR) is 89.4 cm³/mol. The third-order valence-electron chi connectivity index (χ3n) is 4.35. The van der Waals surface area contributed by atoms with E-state index in [0.29, 0.717) is 30.4 Å². The van der Waals surface area contributed by atoms with Gasteiger partial charge in [0.2, 0.25) is 5.88 Å². The van der Waals surface area contributed by atoms with Crippen molar-refractivity contribution < 1.29 is 14.3 Å². The number of benzene rings is 1. The second kappa shape index (κ2) is 6.32. The summed E-state index contributed by atoms with van der Waals surface area (Å²) < 4.78 is 11.6. The van der Waals surface area contributed by atoms with Gasteiger partial charge < -0.3 is 14.4 Å². The van der Waals surface area contributed by atoms with E-state index in [1.54, 1.807) is 12.3 Å². The molecular weight excluding hydrogens is 328 g/mol. The van der Waals surface area contributed by atoms with Crippen LogP contribution < -0.4 is 9.47 Å². The molecule has 3 heterocycles. The molecule has 1 aromatic carbocycles.